The summed E-state index contributed by atoms with van der Waals surface area (Å²) in [6.07, 6.45) is -1.03. The van der Waals surface area contributed by atoms with E-state index in [9.17, 15) is 13.5 Å². The van der Waals surface area contributed by atoms with Crippen LogP contribution in [0.25, 0.3) is 0 Å². The third-order valence-electron chi connectivity index (χ3n) is 4.25. The molecule has 0 saturated heterocycles. The highest BCUT2D eigenvalue weighted by Crippen LogP contribution is 2.24. The van der Waals surface area contributed by atoms with Gasteiger partial charge in [0.15, 0.2) is 0 Å². The number of aliphatic hydroxyl groups excluding tert-OH is 1. The van der Waals surface area contributed by atoms with Crippen LogP contribution < -0.4 is 13.8 Å². The van der Waals surface area contributed by atoms with Crippen LogP contribution in [0, 0.1) is 0 Å². The second kappa shape index (κ2) is 9.45. The fourth-order valence-electron chi connectivity index (χ4n) is 2.76. The molecule has 3 aromatic carbocycles. The molecule has 152 valence electrons. The van der Waals surface area contributed by atoms with Crippen molar-refractivity contribution in [2.45, 2.75) is 11.0 Å². The van der Waals surface area contributed by atoms with E-state index in [2.05, 4.69) is 0 Å². The number of para-hydroxylation sites is 1. The van der Waals surface area contributed by atoms with Crippen molar-refractivity contribution in [3.63, 3.8) is 0 Å². The van der Waals surface area contributed by atoms with E-state index in [0.29, 0.717) is 17.2 Å². The standard InChI is InChI=1S/C22H23NO5S/c1-27-20-12-14-21(15-13-20)28-17-19(24)16-23(18-8-4-2-5-9-18)29(25,26)22-10-6-3-7-11-22/h2-15,19,24H,16-17H2,1H3. The van der Waals surface area contributed by atoms with Crippen LogP contribution in [0.3, 0.4) is 0 Å². The van der Waals surface area contributed by atoms with Crippen LogP contribution in [0.2, 0.25) is 0 Å². The maximum absolute atomic E-state index is 13.2. The van der Waals surface area contributed by atoms with Crippen molar-refractivity contribution in [1.29, 1.82) is 0 Å². The first kappa shape index (κ1) is 20.7. The molecule has 7 heteroatoms. The van der Waals surface area contributed by atoms with Crippen molar-refractivity contribution in [3.05, 3.63) is 84.9 Å². The Labute approximate surface area is 171 Å². The molecule has 29 heavy (non-hydrogen) atoms. The van der Waals surface area contributed by atoms with E-state index in [4.69, 9.17) is 9.47 Å². The fourth-order valence-corrected chi connectivity index (χ4v) is 4.29. The number of rotatable bonds is 9. The summed E-state index contributed by atoms with van der Waals surface area (Å²) in [6, 6.07) is 23.8. The number of hydrogen-bond donors (Lipinski definition) is 1. The van der Waals surface area contributed by atoms with Gasteiger partial charge in [-0.1, -0.05) is 36.4 Å². The summed E-state index contributed by atoms with van der Waals surface area (Å²) in [6.45, 7) is -0.197. The topological polar surface area (TPSA) is 76.1 Å². The maximum Gasteiger partial charge on any atom is 0.264 e. The van der Waals surface area contributed by atoms with Crippen molar-refractivity contribution in [1.82, 2.24) is 0 Å². The molecule has 1 N–H and O–H groups in total. The number of sulfonamides is 1. The zero-order valence-electron chi connectivity index (χ0n) is 16.0. The fraction of sp³-hybridized carbons (Fsp3) is 0.182. The van der Waals surface area contributed by atoms with Crippen molar-refractivity contribution < 1.29 is 23.0 Å². The first-order chi connectivity index (χ1) is 14.0. The van der Waals surface area contributed by atoms with E-state index in [1.54, 1.807) is 79.9 Å². The normalized spacial score (nSPS) is 12.2. The van der Waals surface area contributed by atoms with Crippen molar-refractivity contribution in [2.24, 2.45) is 0 Å². The third-order valence-corrected chi connectivity index (χ3v) is 6.06. The van der Waals surface area contributed by atoms with Crippen LogP contribution in [-0.4, -0.2) is 39.9 Å². The second-order valence-electron chi connectivity index (χ2n) is 6.33. The minimum absolute atomic E-state index is 0.0556. The van der Waals surface area contributed by atoms with Gasteiger partial charge in [-0.15, -0.1) is 0 Å². The van der Waals surface area contributed by atoms with Gasteiger partial charge in [0.25, 0.3) is 10.0 Å². The number of aliphatic hydroxyl groups is 1. The molecular weight excluding hydrogens is 390 g/mol. The highest BCUT2D eigenvalue weighted by atomic mass is 32.2. The predicted molar refractivity (Wildman–Crippen MR) is 112 cm³/mol. The molecule has 0 aromatic heterocycles. The zero-order valence-corrected chi connectivity index (χ0v) is 16.8. The van der Waals surface area contributed by atoms with Gasteiger partial charge in [-0.25, -0.2) is 8.42 Å². The minimum Gasteiger partial charge on any atom is -0.497 e. The lowest BCUT2D eigenvalue weighted by molar-refractivity contribution is 0.115. The number of nitrogens with zero attached hydrogens (tertiary/aromatic N) is 1. The molecule has 0 aliphatic rings. The molecule has 1 unspecified atom stereocenters. The molecule has 0 radical (unpaired) electrons. The Bertz CT molecular complexity index is 992. The molecule has 0 amide bonds. The maximum atomic E-state index is 13.2. The predicted octanol–water partition coefficient (Wildman–Crippen LogP) is 3.33. The smallest absolute Gasteiger partial charge is 0.264 e. The average molecular weight is 413 g/mol. The van der Waals surface area contributed by atoms with Gasteiger partial charge < -0.3 is 14.6 Å². The monoisotopic (exact) mass is 413 g/mol. The quantitative estimate of drug-likeness (QED) is 0.582. The molecule has 0 aliphatic heterocycles. The molecule has 3 aromatic rings. The summed E-state index contributed by atoms with van der Waals surface area (Å²) in [4.78, 5) is 0.159. The number of anilines is 1. The Hall–Kier alpha value is -3.03. The molecule has 3 rings (SSSR count). The lowest BCUT2D eigenvalue weighted by atomic mass is 10.3. The van der Waals surface area contributed by atoms with Gasteiger partial charge in [-0.2, -0.15) is 0 Å². The highest BCUT2D eigenvalue weighted by molar-refractivity contribution is 7.92. The molecule has 0 bridgehead atoms. The number of benzene rings is 3. The molecule has 6 nitrogen and oxygen atoms in total. The van der Waals surface area contributed by atoms with E-state index in [-0.39, 0.29) is 18.0 Å². The van der Waals surface area contributed by atoms with E-state index < -0.39 is 16.1 Å². The van der Waals surface area contributed by atoms with Crippen LogP contribution in [0.15, 0.2) is 89.8 Å². The minimum atomic E-state index is -3.84. The Morgan fingerprint density at radius 3 is 2.00 bits per heavy atom. The summed E-state index contributed by atoms with van der Waals surface area (Å²) in [5.41, 5.74) is 0.472. The lowest BCUT2D eigenvalue weighted by Crippen LogP contribution is -2.39. The first-order valence-electron chi connectivity index (χ1n) is 9.08. The molecule has 0 spiro atoms. The Morgan fingerprint density at radius 2 is 1.41 bits per heavy atom. The molecule has 0 fully saturated rings. The summed E-state index contributed by atoms with van der Waals surface area (Å²) >= 11 is 0. The second-order valence-corrected chi connectivity index (χ2v) is 8.19. The summed E-state index contributed by atoms with van der Waals surface area (Å²) < 4.78 is 38.2. The van der Waals surface area contributed by atoms with Crippen molar-refractivity contribution in [3.8, 4) is 11.5 Å². The largest absolute Gasteiger partial charge is 0.497 e. The van der Waals surface area contributed by atoms with Crippen molar-refractivity contribution in [2.75, 3.05) is 24.6 Å². The van der Waals surface area contributed by atoms with Gasteiger partial charge in [0, 0.05) is 0 Å². The van der Waals surface area contributed by atoms with Gasteiger partial charge in [0.05, 0.1) is 24.2 Å². The van der Waals surface area contributed by atoms with E-state index in [1.165, 1.54) is 16.4 Å². The van der Waals surface area contributed by atoms with Crippen LogP contribution in [0.4, 0.5) is 5.69 Å². The van der Waals surface area contributed by atoms with E-state index >= 15 is 0 Å². The molecule has 0 saturated carbocycles. The van der Waals surface area contributed by atoms with Crippen LogP contribution in [0.1, 0.15) is 0 Å². The average Bonchev–Trinajstić information content (AvgIpc) is 2.77. The lowest BCUT2D eigenvalue weighted by Gasteiger charge is -2.27. The Balaban J connectivity index is 1.76. The number of hydrogen-bond acceptors (Lipinski definition) is 5. The number of methoxy groups -OCH3 is 1. The summed E-state index contributed by atoms with van der Waals surface area (Å²) in [5, 5.41) is 10.5. The van der Waals surface area contributed by atoms with Gasteiger partial charge in [0.1, 0.15) is 24.2 Å². The molecule has 1 atom stereocenters. The molecule has 0 aliphatic carbocycles. The summed E-state index contributed by atoms with van der Waals surface area (Å²) in [7, 11) is -2.27. The Kier molecular flexibility index (Phi) is 6.74. The highest BCUT2D eigenvalue weighted by Gasteiger charge is 2.27. The van der Waals surface area contributed by atoms with Gasteiger partial charge in [-0.3, -0.25) is 4.31 Å². The van der Waals surface area contributed by atoms with Crippen LogP contribution >= 0.6 is 0 Å². The van der Waals surface area contributed by atoms with Gasteiger partial charge >= 0.3 is 0 Å². The molecular formula is C22H23NO5S. The van der Waals surface area contributed by atoms with Crippen LogP contribution in [0.5, 0.6) is 11.5 Å². The Morgan fingerprint density at radius 1 is 0.862 bits per heavy atom. The van der Waals surface area contributed by atoms with Gasteiger partial charge in [-0.05, 0) is 48.5 Å². The SMILES string of the molecule is COc1ccc(OCC(O)CN(c2ccccc2)S(=O)(=O)c2ccccc2)cc1. The van der Waals surface area contributed by atoms with Gasteiger partial charge in [0.2, 0.25) is 0 Å². The van der Waals surface area contributed by atoms with E-state index in [1.807, 2.05) is 0 Å². The summed E-state index contributed by atoms with van der Waals surface area (Å²) in [5.74, 6) is 1.25. The first-order valence-corrected chi connectivity index (χ1v) is 10.5. The molecule has 0 heterocycles. The van der Waals surface area contributed by atoms with E-state index in [0.717, 1.165) is 0 Å². The van der Waals surface area contributed by atoms with Crippen LogP contribution in [-0.2, 0) is 10.0 Å². The zero-order chi connectivity index (χ0) is 20.7. The van der Waals surface area contributed by atoms with Crippen molar-refractivity contribution >= 4 is 15.7 Å². The third kappa shape index (κ3) is 5.28. The number of ether oxygens (including phenoxy) is 2.